The van der Waals surface area contributed by atoms with Gasteiger partial charge in [0.1, 0.15) is 0 Å². The Bertz CT molecular complexity index is 579. The summed E-state index contributed by atoms with van der Waals surface area (Å²) < 4.78 is 3.03. The van der Waals surface area contributed by atoms with Crippen molar-refractivity contribution in [2.24, 2.45) is 0 Å². The number of benzene rings is 1. The van der Waals surface area contributed by atoms with Gasteiger partial charge in [0.15, 0.2) is 4.77 Å². The van der Waals surface area contributed by atoms with E-state index in [-0.39, 0.29) is 0 Å². The Balaban J connectivity index is 1.80. The zero-order chi connectivity index (χ0) is 13.1. The van der Waals surface area contributed by atoms with Crippen LogP contribution in [0, 0.1) is 4.77 Å². The number of aromatic amines is 1. The number of rotatable bonds is 4. The summed E-state index contributed by atoms with van der Waals surface area (Å²) in [6, 6.07) is 10.4. The highest BCUT2D eigenvalue weighted by molar-refractivity contribution is 7.71. The van der Waals surface area contributed by atoms with Gasteiger partial charge in [-0.15, -0.1) is 0 Å². The van der Waals surface area contributed by atoms with Crippen LogP contribution in [0.2, 0.25) is 0 Å². The van der Waals surface area contributed by atoms with Crippen molar-refractivity contribution in [3.05, 3.63) is 41.3 Å². The van der Waals surface area contributed by atoms with Crippen LogP contribution in [0.15, 0.2) is 36.5 Å². The molecule has 0 unspecified atom stereocenters. The summed E-state index contributed by atoms with van der Waals surface area (Å²) >= 11 is 5.40. The highest BCUT2D eigenvalue weighted by Gasteiger charge is 2.12. The number of H-pyrrole nitrogens is 1. The van der Waals surface area contributed by atoms with E-state index in [2.05, 4.69) is 38.7 Å². The van der Waals surface area contributed by atoms with Crippen LogP contribution >= 0.6 is 12.2 Å². The molecule has 3 nitrogen and oxygen atoms in total. The smallest absolute Gasteiger partial charge is 0.177 e. The van der Waals surface area contributed by atoms with Gasteiger partial charge in [-0.25, -0.2) is 0 Å². The second kappa shape index (κ2) is 5.72. The van der Waals surface area contributed by atoms with Crippen LogP contribution in [0.5, 0.6) is 0 Å². The van der Waals surface area contributed by atoms with Crippen molar-refractivity contribution < 1.29 is 0 Å². The molecule has 0 amide bonds. The number of nitrogens with one attached hydrogen (secondary N) is 1. The van der Waals surface area contributed by atoms with Gasteiger partial charge in [-0.2, -0.15) is 0 Å². The van der Waals surface area contributed by atoms with Crippen LogP contribution in [-0.2, 0) is 6.54 Å². The van der Waals surface area contributed by atoms with E-state index in [1.807, 2.05) is 12.3 Å². The first-order valence-corrected chi connectivity index (χ1v) is 7.31. The van der Waals surface area contributed by atoms with Crippen molar-refractivity contribution in [3.63, 3.8) is 0 Å². The summed E-state index contributed by atoms with van der Waals surface area (Å²) in [5.41, 5.74) is 2.40. The van der Waals surface area contributed by atoms with Crippen molar-refractivity contribution in [2.45, 2.75) is 19.4 Å². The van der Waals surface area contributed by atoms with Gasteiger partial charge in [0.25, 0.3) is 0 Å². The standard InChI is InChI=1S/C15H19N3S/c19-15-16-12-14(13-6-2-1-3-7-13)18(15)11-10-17-8-4-5-9-17/h1-3,6-7,12H,4-5,8-11H2,(H,16,19). The minimum Gasteiger partial charge on any atom is -0.337 e. The van der Waals surface area contributed by atoms with Gasteiger partial charge in [-0.05, 0) is 43.7 Å². The van der Waals surface area contributed by atoms with Gasteiger partial charge >= 0.3 is 0 Å². The predicted octanol–water partition coefficient (Wildman–Crippen LogP) is 3.31. The van der Waals surface area contributed by atoms with Gasteiger partial charge in [0.2, 0.25) is 0 Å². The minimum absolute atomic E-state index is 0.818. The quantitative estimate of drug-likeness (QED) is 0.864. The zero-order valence-electron chi connectivity index (χ0n) is 11.0. The molecule has 1 fully saturated rings. The third-order valence-corrected chi connectivity index (χ3v) is 4.11. The lowest BCUT2D eigenvalue weighted by Gasteiger charge is -2.16. The van der Waals surface area contributed by atoms with Crippen molar-refractivity contribution >= 4 is 12.2 Å². The number of imidazole rings is 1. The molecule has 0 atom stereocenters. The van der Waals surface area contributed by atoms with Crippen molar-refractivity contribution in [2.75, 3.05) is 19.6 Å². The third-order valence-electron chi connectivity index (χ3n) is 3.78. The van der Waals surface area contributed by atoms with Gasteiger partial charge in [0.05, 0.1) is 5.69 Å². The van der Waals surface area contributed by atoms with Crippen LogP contribution in [0.4, 0.5) is 0 Å². The highest BCUT2D eigenvalue weighted by atomic mass is 32.1. The summed E-state index contributed by atoms with van der Waals surface area (Å²) in [6.07, 6.45) is 4.69. The Morgan fingerprint density at radius 3 is 2.53 bits per heavy atom. The fourth-order valence-corrected chi connectivity index (χ4v) is 2.96. The number of hydrogen-bond donors (Lipinski definition) is 1. The molecular formula is C15H19N3S. The number of hydrogen-bond acceptors (Lipinski definition) is 2. The molecule has 1 aliphatic rings. The van der Waals surface area contributed by atoms with Crippen LogP contribution in [0.3, 0.4) is 0 Å². The monoisotopic (exact) mass is 273 g/mol. The second-order valence-corrected chi connectivity index (χ2v) is 5.43. The van der Waals surface area contributed by atoms with Gasteiger partial charge < -0.3 is 14.5 Å². The van der Waals surface area contributed by atoms with E-state index in [0.29, 0.717) is 0 Å². The van der Waals surface area contributed by atoms with Gasteiger partial charge in [-0.3, -0.25) is 0 Å². The maximum absolute atomic E-state index is 5.40. The second-order valence-electron chi connectivity index (χ2n) is 5.05. The molecule has 0 bridgehead atoms. The zero-order valence-corrected chi connectivity index (χ0v) is 11.8. The van der Waals surface area contributed by atoms with Crippen LogP contribution < -0.4 is 0 Å². The first kappa shape index (κ1) is 12.6. The maximum Gasteiger partial charge on any atom is 0.177 e. The van der Waals surface area contributed by atoms with E-state index < -0.39 is 0 Å². The summed E-state index contributed by atoms with van der Waals surface area (Å²) in [5, 5.41) is 0. The third kappa shape index (κ3) is 2.80. The molecular weight excluding hydrogens is 254 g/mol. The molecule has 100 valence electrons. The van der Waals surface area contributed by atoms with E-state index in [4.69, 9.17) is 12.2 Å². The highest BCUT2D eigenvalue weighted by Crippen LogP contribution is 2.19. The molecule has 2 heterocycles. The van der Waals surface area contributed by atoms with Crippen molar-refractivity contribution in [3.8, 4) is 11.3 Å². The van der Waals surface area contributed by atoms with Crippen molar-refractivity contribution in [1.29, 1.82) is 0 Å². The topological polar surface area (TPSA) is 24.0 Å². The van der Waals surface area contributed by atoms with Crippen LogP contribution in [0.1, 0.15) is 12.8 Å². The largest absolute Gasteiger partial charge is 0.337 e. The maximum atomic E-state index is 5.40. The number of aromatic nitrogens is 2. The molecule has 1 aromatic heterocycles. The van der Waals surface area contributed by atoms with E-state index in [9.17, 15) is 0 Å². The Kier molecular flexibility index (Phi) is 3.80. The lowest BCUT2D eigenvalue weighted by molar-refractivity contribution is 0.322. The fourth-order valence-electron chi connectivity index (χ4n) is 2.71. The average molecular weight is 273 g/mol. The fraction of sp³-hybridized carbons (Fsp3) is 0.400. The Morgan fingerprint density at radius 2 is 1.79 bits per heavy atom. The molecule has 0 aliphatic carbocycles. The first-order chi connectivity index (χ1) is 9.34. The Labute approximate surface area is 118 Å². The van der Waals surface area contributed by atoms with E-state index in [1.54, 1.807) is 0 Å². The summed E-state index contributed by atoms with van der Waals surface area (Å²) in [5.74, 6) is 0. The molecule has 3 rings (SSSR count). The minimum atomic E-state index is 0.818. The average Bonchev–Trinajstić information content (AvgIpc) is 3.07. The molecule has 19 heavy (non-hydrogen) atoms. The van der Waals surface area contributed by atoms with E-state index in [0.717, 1.165) is 17.9 Å². The lowest BCUT2D eigenvalue weighted by Crippen LogP contribution is -2.24. The molecule has 1 N–H and O–H groups in total. The van der Waals surface area contributed by atoms with Gasteiger partial charge in [0, 0.05) is 19.3 Å². The normalized spacial score (nSPS) is 16.0. The van der Waals surface area contributed by atoms with E-state index in [1.165, 1.54) is 37.2 Å². The van der Waals surface area contributed by atoms with Crippen LogP contribution in [-0.4, -0.2) is 34.1 Å². The Morgan fingerprint density at radius 1 is 1.05 bits per heavy atom. The molecule has 1 aliphatic heterocycles. The molecule has 4 heteroatoms. The molecule has 0 saturated carbocycles. The summed E-state index contributed by atoms with van der Waals surface area (Å²) in [6.45, 7) is 4.52. The van der Waals surface area contributed by atoms with Crippen LogP contribution in [0.25, 0.3) is 11.3 Å². The lowest BCUT2D eigenvalue weighted by atomic mass is 10.2. The molecule has 0 spiro atoms. The van der Waals surface area contributed by atoms with Crippen molar-refractivity contribution in [1.82, 2.24) is 14.5 Å². The number of nitrogens with zero attached hydrogens (tertiary/aromatic N) is 2. The summed E-state index contributed by atoms with van der Waals surface area (Å²) in [4.78, 5) is 5.69. The van der Waals surface area contributed by atoms with E-state index >= 15 is 0 Å². The molecule has 0 radical (unpaired) electrons. The number of likely N-dealkylation sites (tertiary alicyclic amines) is 1. The molecule has 1 aromatic carbocycles. The Hall–Kier alpha value is -1.39. The SMILES string of the molecule is S=c1[nH]cc(-c2ccccc2)n1CCN1CCCC1. The van der Waals surface area contributed by atoms with Gasteiger partial charge in [-0.1, -0.05) is 30.3 Å². The molecule has 1 saturated heterocycles. The predicted molar refractivity (Wildman–Crippen MR) is 80.7 cm³/mol. The summed E-state index contributed by atoms with van der Waals surface area (Å²) in [7, 11) is 0. The first-order valence-electron chi connectivity index (χ1n) is 6.90. The molecule has 2 aromatic rings.